The molecule has 5 heteroatoms. The van der Waals surface area contributed by atoms with Crippen molar-refractivity contribution in [1.82, 2.24) is 0 Å². The lowest BCUT2D eigenvalue weighted by molar-refractivity contribution is -0.115. The SMILES string of the molecule is CC(Sc1ccc(O)cc1)C(=O)Nc1cccc(C#N)c1. The van der Waals surface area contributed by atoms with E-state index >= 15 is 0 Å². The molecule has 0 radical (unpaired) electrons. The van der Waals surface area contributed by atoms with Crippen LogP contribution in [0.1, 0.15) is 12.5 Å². The van der Waals surface area contributed by atoms with Gasteiger partial charge in [-0.15, -0.1) is 11.8 Å². The summed E-state index contributed by atoms with van der Waals surface area (Å²) >= 11 is 1.40. The van der Waals surface area contributed by atoms with E-state index < -0.39 is 0 Å². The average Bonchev–Trinajstić information content (AvgIpc) is 2.49. The van der Waals surface area contributed by atoms with Gasteiger partial charge in [-0.2, -0.15) is 5.26 Å². The van der Waals surface area contributed by atoms with Crippen molar-refractivity contribution < 1.29 is 9.90 Å². The number of hydrogen-bond acceptors (Lipinski definition) is 4. The number of phenolic OH excluding ortho intramolecular Hbond substituents is 1. The van der Waals surface area contributed by atoms with E-state index in [-0.39, 0.29) is 16.9 Å². The minimum Gasteiger partial charge on any atom is -0.508 e. The number of rotatable bonds is 4. The van der Waals surface area contributed by atoms with Gasteiger partial charge in [0.1, 0.15) is 5.75 Å². The van der Waals surface area contributed by atoms with E-state index in [1.807, 2.05) is 6.07 Å². The monoisotopic (exact) mass is 298 g/mol. The number of nitrogens with one attached hydrogen (secondary N) is 1. The second kappa shape index (κ2) is 6.82. The molecule has 4 nitrogen and oxygen atoms in total. The summed E-state index contributed by atoms with van der Waals surface area (Å²) in [5.41, 5.74) is 1.11. The van der Waals surface area contributed by atoms with Crippen molar-refractivity contribution in [3.05, 3.63) is 54.1 Å². The Morgan fingerprint density at radius 1 is 1.29 bits per heavy atom. The summed E-state index contributed by atoms with van der Waals surface area (Å²) in [6, 6.07) is 15.5. The Labute approximate surface area is 127 Å². The normalized spacial score (nSPS) is 11.4. The summed E-state index contributed by atoms with van der Waals surface area (Å²) < 4.78 is 0. The highest BCUT2D eigenvalue weighted by Gasteiger charge is 2.14. The summed E-state index contributed by atoms with van der Waals surface area (Å²) in [6.45, 7) is 1.81. The third-order valence-electron chi connectivity index (χ3n) is 2.78. The minimum atomic E-state index is -0.291. The predicted octanol–water partition coefficient (Wildman–Crippen LogP) is 3.38. The lowest BCUT2D eigenvalue weighted by Crippen LogP contribution is -2.22. The zero-order chi connectivity index (χ0) is 15.2. The van der Waals surface area contributed by atoms with Gasteiger partial charge in [0.15, 0.2) is 0 Å². The van der Waals surface area contributed by atoms with Crippen molar-refractivity contribution >= 4 is 23.4 Å². The number of aromatic hydroxyl groups is 1. The number of carbonyl (C=O) groups is 1. The molecule has 0 aliphatic rings. The highest BCUT2D eigenvalue weighted by atomic mass is 32.2. The molecule has 1 amide bonds. The van der Waals surface area contributed by atoms with Gasteiger partial charge in [0.25, 0.3) is 0 Å². The van der Waals surface area contributed by atoms with E-state index in [0.29, 0.717) is 11.3 Å². The zero-order valence-corrected chi connectivity index (χ0v) is 12.2. The van der Waals surface area contributed by atoms with Gasteiger partial charge in [-0.3, -0.25) is 4.79 Å². The number of amides is 1. The minimum absolute atomic E-state index is 0.136. The van der Waals surface area contributed by atoms with Crippen molar-refractivity contribution in [2.24, 2.45) is 0 Å². The van der Waals surface area contributed by atoms with E-state index in [0.717, 1.165) is 4.90 Å². The molecule has 2 aromatic carbocycles. The zero-order valence-electron chi connectivity index (χ0n) is 11.4. The van der Waals surface area contributed by atoms with E-state index in [1.54, 1.807) is 55.5 Å². The molecule has 106 valence electrons. The summed E-state index contributed by atoms with van der Waals surface area (Å²) in [6.07, 6.45) is 0. The Morgan fingerprint density at radius 3 is 2.67 bits per heavy atom. The third-order valence-corrected chi connectivity index (χ3v) is 3.89. The van der Waals surface area contributed by atoms with Crippen LogP contribution in [-0.2, 0) is 4.79 Å². The van der Waals surface area contributed by atoms with Crippen LogP contribution in [0.3, 0.4) is 0 Å². The fourth-order valence-corrected chi connectivity index (χ4v) is 2.56. The maximum absolute atomic E-state index is 12.1. The van der Waals surface area contributed by atoms with Crippen LogP contribution in [-0.4, -0.2) is 16.3 Å². The number of phenols is 1. The largest absolute Gasteiger partial charge is 0.508 e. The third kappa shape index (κ3) is 4.26. The van der Waals surface area contributed by atoms with Crippen molar-refractivity contribution in [1.29, 1.82) is 5.26 Å². The Morgan fingerprint density at radius 2 is 2.00 bits per heavy atom. The molecule has 0 aromatic heterocycles. The number of thioether (sulfide) groups is 1. The maximum Gasteiger partial charge on any atom is 0.237 e. The fourth-order valence-electron chi connectivity index (χ4n) is 1.69. The highest BCUT2D eigenvalue weighted by Crippen LogP contribution is 2.25. The van der Waals surface area contributed by atoms with E-state index in [4.69, 9.17) is 5.26 Å². The van der Waals surface area contributed by atoms with Crippen molar-refractivity contribution in [2.75, 3.05) is 5.32 Å². The smallest absolute Gasteiger partial charge is 0.237 e. The van der Waals surface area contributed by atoms with Crippen LogP contribution in [0.25, 0.3) is 0 Å². The average molecular weight is 298 g/mol. The molecule has 1 unspecified atom stereocenters. The first kappa shape index (κ1) is 14.9. The van der Waals surface area contributed by atoms with E-state index in [2.05, 4.69) is 5.32 Å². The lowest BCUT2D eigenvalue weighted by atomic mass is 10.2. The van der Waals surface area contributed by atoms with Crippen LogP contribution in [0, 0.1) is 11.3 Å². The van der Waals surface area contributed by atoms with Crippen LogP contribution in [0.15, 0.2) is 53.4 Å². The molecular formula is C16H14N2O2S. The number of benzene rings is 2. The summed E-state index contributed by atoms with van der Waals surface area (Å²) in [5.74, 6) is 0.0629. The number of nitriles is 1. The van der Waals surface area contributed by atoms with Crippen LogP contribution in [0.4, 0.5) is 5.69 Å². The molecule has 0 heterocycles. The molecule has 0 saturated heterocycles. The molecule has 0 spiro atoms. The molecular weight excluding hydrogens is 284 g/mol. The first-order chi connectivity index (χ1) is 10.1. The Kier molecular flexibility index (Phi) is 4.85. The van der Waals surface area contributed by atoms with Crippen LogP contribution < -0.4 is 5.32 Å². The van der Waals surface area contributed by atoms with Gasteiger partial charge in [-0.1, -0.05) is 6.07 Å². The molecule has 2 N–H and O–H groups in total. The predicted molar refractivity (Wildman–Crippen MR) is 83.2 cm³/mol. The van der Waals surface area contributed by atoms with E-state index in [1.165, 1.54) is 11.8 Å². The first-order valence-corrected chi connectivity index (χ1v) is 7.23. The molecule has 0 saturated carbocycles. The number of carbonyl (C=O) groups excluding carboxylic acids is 1. The quantitative estimate of drug-likeness (QED) is 0.849. The second-order valence-corrected chi connectivity index (χ2v) is 5.85. The van der Waals surface area contributed by atoms with Gasteiger partial charge in [0.05, 0.1) is 16.9 Å². The molecule has 0 aliphatic heterocycles. The lowest BCUT2D eigenvalue weighted by Gasteiger charge is -2.12. The van der Waals surface area contributed by atoms with Crippen LogP contribution in [0.5, 0.6) is 5.75 Å². The molecule has 2 aromatic rings. The molecule has 0 aliphatic carbocycles. The van der Waals surface area contributed by atoms with Crippen LogP contribution >= 0.6 is 11.8 Å². The molecule has 0 fully saturated rings. The molecule has 0 bridgehead atoms. The fraction of sp³-hybridized carbons (Fsp3) is 0.125. The van der Waals surface area contributed by atoms with Gasteiger partial charge in [-0.25, -0.2) is 0 Å². The van der Waals surface area contributed by atoms with Gasteiger partial charge in [0, 0.05) is 10.6 Å². The van der Waals surface area contributed by atoms with Crippen LogP contribution in [0.2, 0.25) is 0 Å². The number of anilines is 1. The summed E-state index contributed by atoms with van der Waals surface area (Å²) in [5, 5.41) is 20.6. The topological polar surface area (TPSA) is 73.1 Å². The van der Waals surface area contributed by atoms with E-state index in [9.17, 15) is 9.90 Å². The Hall–Kier alpha value is -2.45. The van der Waals surface area contributed by atoms with Gasteiger partial charge < -0.3 is 10.4 Å². The standard InChI is InChI=1S/C16H14N2O2S/c1-11(21-15-7-5-14(19)6-8-15)16(20)18-13-4-2-3-12(9-13)10-17/h2-9,11,19H,1H3,(H,18,20). The number of nitrogens with zero attached hydrogens (tertiary/aromatic N) is 1. The maximum atomic E-state index is 12.1. The molecule has 1 atom stereocenters. The highest BCUT2D eigenvalue weighted by molar-refractivity contribution is 8.00. The van der Waals surface area contributed by atoms with Gasteiger partial charge in [0.2, 0.25) is 5.91 Å². The van der Waals surface area contributed by atoms with Crippen molar-refractivity contribution in [2.45, 2.75) is 17.1 Å². The van der Waals surface area contributed by atoms with Crippen molar-refractivity contribution in [3.63, 3.8) is 0 Å². The Bertz CT molecular complexity index is 677. The molecule has 21 heavy (non-hydrogen) atoms. The Balaban J connectivity index is 1.99. The van der Waals surface area contributed by atoms with Crippen molar-refractivity contribution in [3.8, 4) is 11.8 Å². The number of hydrogen-bond donors (Lipinski definition) is 2. The summed E-state index contributed by atoms with van der Waals surface area (Å²) in [7, 11) is 0. The summed E-state index contributed by atoms with van der Waals surface area (Å²) in [4.78, 5) is 13.0. The first-order valence-electron chi connectivity index (χ1n) is 6.35. The van der Waals surface area contributed by atoms with Gasteiger partial charge in [-0.05, 0) is 49.4 Å². The second-order valence-electron chi connectivity index (χ2n) is 4.44. The van der Waals surface area contributed by atoms with Gasteiger partial charge >= 0.3 is 0 Å². The molecule has 2 rings (SSSR count).